The van der Waals surface area contributed by atoms with Gasteiger partial charge in [-0.15, -0.1) is 0 Å². The number of hydrogen-bond donors (Lipinski definition) is 0. The smallest absolute Gasteiger partial charge is 0.227 e. The van der Waals surface area contributed by atoms with E-state index in [1.807, 2.05) is 20.8 Å². The fourth-order valence-corrected chi connectivity index (χ4v) is 2.80. The Morgan fingerprint density at radius 3 is 2.47 bits per heavy atom. The minimum Gasteiger partial charge on any atom is -0.342 e. The first-order valence-corrected chi connectivity index (χ1v) is 7.33. The molecule has 1 aliphatic rings. The summed E-state index contributed by atoms with van der Waals surface area (Å²) in [6, 6.07) is 10.6. The molecule has 19 heavy (non-hydrogen) atoms. The van der Waals surface area contributed by atoms with E-state index in [1.54, 1.807) is 0 Å². The molecule has 1 aromatic carbocycles. The van der Waals surface area contributed by atoms with Crippen molar-refractivity contribution in [1.29, 1.82) is 0 Å². The van der Waals surface area contributed by atoms with Gasteiger partial charge in [-0.1, -0.05) is 57.5 Å². The average molecular weight is 259 g/mol. The van der Waals surface area contributed by atoms with Gasteiger partial charge in [-0.3, -0.25) is 4.79 Å². The Balaban J connectivity index is 2.13. The first-order chi connectivity index (χ1) is 8.98. The predicted octanol–water partition coefficient (Wildman–Crippen LogP) is 3.83. The van der Waals surface area contributed by atoms with Crippen LogP contribution in [0.2, 0.25) is 0 Å². The highest BCUT2D eigenvalue weighted by Gasteiger charge is 2.30. The van der Waals surface area contributed by atoms with Crippen molar-refractivity contribution >= 4 is 5.91 Å². The van der Waals surface area contributed by atoms with E-state index in [0.717, 1.165) is 19.5 Å². The van der Waals surface area contributed by atoms with Crippen LogP contribution in [0.15, 0.2) is 30.3 Å². The second kappa shape index (κ2) is 5.77. The summed E-state index contributed by atoms with van der Waals surface area (Å²) in [5, 5.41) is 0. The largest absolute Gasteiger partial charge is 0.342 e. The maximum absolute atomic E-state index is 12.5. The van der Waals surface area contributed by atoms with Crippen molar-refractivity contribution in [2.24, 2.45) is 5.41 Å². The molecule has 1 aliphatic heterocycles. The molecule has 0 bridgehead atoms. The Bertz CT molecular complexity index is 419. The zero-order valence-corrected chi connectivity index (χ0v) is 12.4. The fourth-order valence-electron chi connectivity index (χ4n) is 2.80. The van der Waals surface area contributed by atoms with Crippen molar-refractivity contribution < 1.29 is 4.79 Å². The van der Waals surface area contributed by atoms with Gasteiger partial charge in [0.2, 0.25) is 5.91 Å². The van der Waals surface area contributed by atoms with Crippen LogP contribution < -0.4 is 0 Å². The van der Waals surface area contributed by atoms with E-state index in [1.165, 1.54) is 18.4 Å². The zero-order chi connectivity index (χ0) is 13.9. The molecule has 0 radical (unpaired) electrons. The Kier molecular flexibility index (Phi) is 4.28. The molecule has 0 saturated carbocycles. The molecule has 1 atom stereocenters. The monoisotopic (exact) mass is 259 g/mol. The maximum Gasteiger partial charge on any atom is 0.227 e. The van der Waals surface area contributed by atoms with Gasteiger partial charge in [0.1, 0.15) is 0 Å². The predicted molar refractivity (Wildman–Crippen MR) is 79.1 cm³/mol. The second-order valence-corrected chi connectivity index (χ2v) is 6.60. The standard InChI is InChI=1S/C17H25NO/c1-17(2,3)16(19)18-12-8-7-11-15(13-18)14-9-5-4-6-10-14/h4-6,9-10,15H,7-8,11-13H2,1-3H3. The number of hydrogen-bond acceptors (Lipinski definition) is 1. The van der Waals surface area contributed by atoms with Crippen molar-refractivity contribution in [2.45, 2.75) is 46.0 Å². The van der Waals surface area contributed by atoms with Crippen molar-refractivity contribution in [3.63, 3.8) is 0 Å². The Morgan fingerprint density at radius 2 is 1.84 bits per heavy atom. The molecule has 1 fully saturated rings. The SMILES string of the molecule is CC(C)(C)C(=O)N1CCCCC(c2ccccc2)C1. The van der Waals surface area contributed by atoms with Crippen LogP contribution in [0.1, 0.15) is 51.5 Å². The van der Waals surface area contributed by atoms with E-state index >= 15 is 0 Å². The molecule has 1 amide bonds. The molecule has 2 heteroatoms. The molecule has 0 aromatic heterocycles. The topological polar surface area (TPSA) is 20.3 Å². The summed E-state index contributed by atoms with van der Waals surface area (Å²) >= 11 is 0. The Morgan fingerprint density at radius 1 is 1.16 bits per heavy atom. The number of benzene rings is 1. The van der Waals surface area contributed by atoms with Crippen molar-refractivity contribution in [2.75, 3.05) is 13.1 Å². The number of rotatable bonds is 1. The number of likely N-dealkylation sites (tertiary alicyclic amines) is 1. The molecule has 2 nitrogen and oxygen atoms in total. The van der Waals surface area contributed by atoms with Crippen LogP contribution >= 0.6 is 0 Å². The zero-order valence-electron chi connectivity index (χ0n) is 12.4. The minimum atomic E-state index is -0.272. The van der Waals surface area contributed by atoms with Crippen LogP contribution in [0.25, 0.3) is 0 Å². The van der Waals surface area contributed by atoms with Crippen LogP contribution in [-0.4, -0.2) is 23.9 Å². The molecular formula is C17H25NO. The number of nitrogens with zero attached hydrogens (tertiary/aromatic N) is 1. The lowest BCUT2D eigenvalue weighted by Crippen LogP contribution is -2.41. The fraction of sp³-hybridized carbons (Fsp3) is 0.588. The highest BCUT2D eigenvalue weighted by Crippen LogP contribution is 2.28. The van der Waals surface area contributed by atoms with Gasteiger partial charge in [0.05, 0.1) is 0 Å². The molecule has 2 rings (SSSR count). The van der Waals surface area contributed by atoms with Crippen LogP contribution in [0, 0.1) is 5.41 Å². The lowest BCUT2D eigenvalue weighted by Gasteiger charge is -2.30. The first kappa shape index (κ1) is 14.1. The lowest BCUT2D eigenvalue weighted by molar-refractivity contribution is -0.139. The van der Waals surface area contributed by atoms with Crippen molar-refractivity contribution in [3.8, 4) is 0 Å². The molecular weight excluding hydrogens is 234 g/mol. The van der Waals surface area contributed by atoms with E-state index < -0.39 is 0 Å². The summed E-state index contributed by atoms with van der Waals surface area (Å²) in [5.74, 6) is 0.783. The summed E-state index contributed by atoms with van der Waals surface area (Å²) in [7, 11) is 0. The van der Waals surface area contributed by atoms with E-state index in [4.69, 9.17) is 0 Å². The molecule has 0 spiro atoms. The first-order valence-electron chi connectivity index (χ1n) is 7.33. The van der Waals surface area contributed by atoms with Crippen LogP contribution in [0.3, 0.4) is 0 Å². The summed E-state index contributed by atoms with van der Waals surface area (Å²) in [4.78, 5) is 14.5. The third-order valence-electron chi connectivity index (χ3n) is 3.87. The molecule has 0 N–H and O–H groups in total. The molecule has 1 unspecified atom stereocenters. The summed E-state index contributed by atoms with van der Waals surface area (Å²) in [6.07, 6.45) is 3.54. The van der Waals surface area contributed by atoms with Crippen LogP contribution in [0.5, 0.6) is 0 Å². The summed E-state index contributed by atoms with van der Waals surface area (Å²) in [6.45, 7) is 7.83. The van der Waals surface area contributed by atoms with Crippen LogP contribution in [-0.2, 0) is 4.79 Å². The lowest BCUT2D eigenvalue weighted by atomic mass is 9.92. The average Bonchev–Trinajstić information content (AvgIpc) is 2.63. The molecule has 1 heterocycles. The molecule has 1 aromatic rings. The van der Waals surface area contributed by atoms with Gasteiger partial charge in [0.15, 0.2) is 0 Å². The van der Waals surface area contributed by atoms with Crippen LogP contribution in [0.4, 0.5) is 0 Å². The van der Waals surface area contributed by atoms with E-state index in [-0.39, 0.29) is 11.3 Å². The van der Waals surface area contributed by atoms with Gasteiger partial charge in [0.25, 0.3) is 0 Å². The van der Waals surface area contributed by atoms with Crippen molar-refractivity contribution in [1.82, 2.24) is 4.90 Å². The Labute approximate surface area is 116 Å². The van der Waals surface area contributed by atoms with Gasteiger partial charge < -0.3 is 4.90 Å². The maximum atomic E-state index is 12.5. The van der Waals surface area contributed by atoms with E-state index in [2.05, 4.69) is 35.2 Å². The van der Waals surface area contributed by atoms with Gasteiger partial charge in [-0.25, -0.2) is 0 Å². The number of carbonyl (C=O) groups excluding carboxylic acids is 1. The number of carbonyl (C=O) groups is 1. The van der Waals surface area contributed by atoms with Crippen molar-refractivity contribution in [3.05, 3.63) is 35.9 Å². The summed E-state index contributed by atoms with van der Waals surface area (Å²) < 4.78 is 0. The molecule has 0 aliphatic carbocycles. The Hall–Kier alpha value is -1.31. The normalized spacial score (nSPS) is 21.0. The van der Waals surface area contributed by atoms with Gasteiger partial charge in [0, 0.05) is 24.4 Å². The third kappa shape index (κ3) is 3.59. The number of amides is 1. The van der Waals surface area contributed by atoms with E-state index in [0.29, 0.717) is 5.92 Å². The quantitative estimate of drug-likeness (QED) is 0.750. The highest BCUT2D eigenvalue weighted by molar-refractivity contribution is 5.81. The minimum absolute atomic E-state index is 0.272. The third-order valence-corrected chi connectivity index (χ3v) is 3.87. The molecule has 1 saturated heterocycles. The van der Waals surface area contributed by atoms with Gasteiger partial charge in [-0.2, -0.15) is 0 Å². The van der Waals surface area contributed by atoms with Gasteiger partial charge >= 0.3 is 0 Å². The van der Waals surface area contributed by atoms with E-state index in [9.17, 15) is 4.79 Å². The molecule has 104 valence electrons. The highest BCUT2D eigenvalue weighted by atomic mass is 16.2. The van der Waals surface area contributed by atoms with Gasteiger partial charge in [-0.05, 0) is 18.4 Å². The summed E-state index contributed by atoms with van der Waals surface area (Å²) in [5.41, 5.74) is 1.10. The second-order valence-electron chi connectivity index (χ2n) is 6.60.